The zero-order valence-electron chi connectivity index (χ0n) is 12.4. The SMILES string of the molecule is COC(=O)c1ccc(NCC(=O)N[C@H](C)C(C)C)cc1. The minimum absolute atomic E-state index is 0.0526. The number of benzene rings is 1. The monoisotopic (exact) mass is 278 g/mol. The summed E-state index contributed by atoms with van der Waals surface area (Å²) in [6.45, 7) is 6.30. The van der Waals surface area contributed by atoms with Gasteiger partial charge in [0, 0.05) is 11.7 Å². The highest BCUT2D eigenvalue weighted by Crippen LogP contribution is 2.10. The zero-order chi connectivity index (χ0) is 15.1. The Balaban J connectivity index is 2.46. The normalized spacial score (nSPS) is 11.8. The largest absolute Gasteiger partial charge is 0.465 e. The molecule has 1 rings (SSSR count). The van der Waals surface area contributed by atoms with E-state index in [4.69, 9.17) is 0 Å². The third kappa shape index (κ3) is 4.91. The Labute approximate surface area is 119 Å². The molecule has 0 spiro atoms. The molecule has 1 amide bonds. The predicted molar refractivity (Wildman–Crippen MR) is 78.7 cm³/mol. The highest BCUT2D eigenvalue weighted by molar-refractivity contribution is 5.89. The Morgan fingerprint density at radius 3 is 2.25 bits per heavy atom. The van der Waals surface area contributed by atoms with Crippen LogP contribution in [0.25, 0.3) is 0 Å². The van der Waals surface area contributed by atoms with Crippen LogP contribution in [0.15, 0.2) is 24.3 Å². The van der Waals surface area contributed by atoms with Gasteiger partial charge in [-0.2, -0.15) is 0 Å². The maximum Gasteiger partial charge on any atom is 0.337 e. The highest BCUT2D eigenvalue weighted by Gasteiger charge is 2.10. The molecule has 0 radical (unpaired) electrons. The van der Waals surface area contributed by atoms with Crippen molar-refractivity contribution in [1.82, 2.24) is 5.32 Å². The first kappa shape index (κ1) is 16.0. The Bertz CT molecular complexity index is 455. The van der Waals surface area contributed by atoms with Crippen LogP contribution >= 0.6 is 0 Å². The molecule has 1 atom stereocenters. The van der Waals surface area contributed by atoms with E-state index in [-0.39, 0.29) is 24.5 Å². The number of methoxy groups -OCH3 is 1. The maximum absolute atomic E-state index is 11.7. The standard InChI is InChI=1S/C15H22N2O3/c1-10(2)11(3)17-14(18)9-16-13-7-5-12(6-8-13)15(19)20-4/h5-8,10-11,16H,9H2,1-4H3,(H,17,18)/t11-/m1/s1. The minimum atomic E-state index is -0.375. The molecule has 0 saturated carbocycles. The molecule has 1 aromatic carbocycles. The molecular formula is C15H22N2O3. The summed E-state index contributed by atoms with van der Waals surface area (Å²) in [5.74, 6) is -0.0263. The molecule has 0 unspecified atom stereocenters. The van der Waals surface area contributed by atoms with Gasteiger partial charge in [0.05, 0.1) is 19.2 Å². The van der Waals surface area contributed by atoms with E-state index in [9.17, 15) is 9.59 Å². The van der Waals surface area contributed by atoms with E-state index in [0.717, 1.165) is 5.69 Å². The second-order valence-electron chi connectivity index (χ2n) is 5.02. The molecule has 0 heterocycles. The van der Waals surface area contributed by atoms with Gasteiger partial charge >= 0.3 is 5.97 Å². The van der Waals surface area contributed by atoms with Gasteiger partial charge in [-0.15, -0.1) is 0 Å². The van der Waals surface area contributed by atoms with Crippen molar-refractivity contribution in [2.45, 2.75) is 26.8 Å². The van der Waals surface area contributed by atoms with Crippen molar-refractivity contribution in [2.24, 2.45) is 5.92 Å². The number of carbonyl (C=O) groups is 2. The summed E-state index contributed by atoms with van der Waals surface area (Å²) in [6.07, 6.45) is 0. The minimum Gasteiger partial charge on any atom is -0.465 e. The smallest absolute Gasteiger partial charge is 0.337 e. The number of esters is 1. The summed E-state index contributed by atoms with van der Waals surface area (Å²) in [5, 5.41) is 5.92. The predicted octanol–water partition coefficient (Wildman–Crippen LogP) is 2.05. The van der Waals surface area contributed by atoms with E-state index in [1.807, 2.05) is 6.92 Å². The first-order chi connectivity index (χ1) is 9.43. The Morgan fingerprint density at radius 2 is 1.75 bits per heavy atom. The van der Waals surface area contributed by atoms with Crippen LogP contribution in [0.2, 0.25) is 0 Å². The lowest BCUT2D eigenvalue weighted by atomic mass is 10.1. The summed E-state index contributed by atoms with van der Waals surface area (Å²) in [5.41, 5.74) is 1.26. The Kier molecular flexibility index (Phi) is 6.03. The molecule has 2 N–H and O–H groups in total. The first-order valence-electron chi connectivity index (χ1n) is 6.65. The summed E-state index contributed by atoms with van der Waals surface area (Å²) in [6, 6.07) is 6.94. The van der Waals surface area contributed by atoms with Crippen LogP contribution in [0, 0.1) is 5.92 Å². The maximum atomic E-state index is 11.7. The molecule has 5 heteroatoms. The second-order valence-corrected chi connectivity index (χ2v) is 5.02. The van der Waals surface area contributed by atoms with Crippen molar-refractivity contribution in [3.63, 3.8) is 0 Å². The number of amides is 1. The number of hydrogen-bond acceptors (Lipinski definition) is 4. The first-order valence-corrected chi connectivity index (χ1v) is 6.65. The molecule has 0 saturated heterocycles. The zero-order valence-corrected chi connectivity index (χ0v) is 12.4. The molecule has 0 aromatic heterocycles. The lowest BCUT2D eigenvalue weighted by Gasteiger charge is -2.17. The fraction of sp³-hybridized carbons (Fsp3) is 0.467. The van der Waals surface area contributed by atoms with Gasteiger partial charge in [0.1, 0.15) is 0 Å². The molecule has 0 bridgehead atoms. The number of carbonyl (C=O) groups excluding carboxylic acids is 2. The summed E-state index contributed by atoms with van der Waals surface area (Å²) in [7, 11) is 1.34. The topological polar surface area (TPSA) is 67.4 Å². The number of rotatable bonds is 6. The molecule has 0 aliphatic carbocycles. The molecule has 0 fully saturated rings. The fourth-order valence-electron chi connectivity index (χ4n) is 1.50. The van der Waals surface area contributed by atoms with E-state index in [0.29, 0.717) is 11.5 Å². The average molecular weight is 278 g/mol. The molecule has 20 heavy (non-hydrogen) atoms. The number of ether oxygens (including phenoxy) is 1. The van der Waals surface area contributed by atoms with Gasteiger partial charge in [-0.25, -0.2) is 4.79 Å². The van der Waals surface area contributed by atoms with Crippen LogP contribution in [-0.2, 0) is 9.53 Å². The lowest BCUT2D eigenvalue weighted by Crippen LogP contribution is -2.39. The van der Waals surface area contributed by atoms with Crippen LogP contribution in [0.1, 0.15) is 31.1 Å². The van der Waals surface area contributed by atoms with Gasteiger partial charge < -0.3 is 15.4 Å². The Morgan fingerprint density at radius 1 is 1.15 bits per heavy atom. The van der Waals surface area contributed by atoms with E-state index < -0.39 is 0 Å². The summed E-state index contributed by atoms with van der Waals surface area (Å²) in [4.78, 5) is 23.0. The van der Waals surface area contributed by atoms with Crippen LogP contribution in [-0.4, -0.2) is 31.6 Å². The average Bonchev–Trinajstić information content (AvgIpc) is 2.44. The van der Waals surface area contributed by atoms with Gasteiger partial charge in [0.25, 0.3) is 0 Å². The quantitative estimate of drug-likeness (QED) is 0.781. The van der Waals surface area contributed by atoms with Crippen LogP contribution in [0.4, 0.5) is 5.69 Å². The van der Waals surface area contributed by atoms with E-state index in [1.54, 1.807) is 24.3 Å². The molecular weight excluding hydrogens is 256 g/mol. The lowest BCUT2D eigenvalue weighted by molar-refractivity contribution is -0.120. The van der Waals surface area contributed by atoms with Gasteiger partial charge in [-0.05, 0) is 37.1 Å². The van der Waals surface area contributed by atoms with Crippen molar-refractivity contribution in [3.8, 4) is 0 Å². The summed E-state index contributed by atoms with van der Waals surface area (Å²) >= 11 is 0. The van der Waals surface area contributed by atoms with E-state index >= 15 is 0 Å². The van der Waals surface area contributed by atoms with E-state index in [1.165, 1.54) is 7.11 Å². The number of nitrogens with one attached hydrogen (secondary N) is 2. The van der Waals surface area contributed by atoms with Gasteiger partial charge in [0.15, 0.2) is 0 Å². The van der Waals surface area contributed by atoms with Crippen LogP contribution in [0.5, 0.6) is 0 Å². The van der Waals surface area contributed by atoms with Crippen molar-refractivity contribution < 1.29 is 14.3 Å². The third-order valence-corrected chi connectivity index (χ3v) is 3.15. The van der Waals surface area contributed by atoms with Gasteiger partial charge in [-0.3, -0.25) is 4.79 Å². The Hall–Kier alpha value is -2.04. The molecule has 0 aliphatic heterocycles. The number of hydrogen-bond donors (Lipinski definition) is 2. The summed E-state index contributed by atoms with van der Waals surface area (Å²) < 4.78 is 4.62. The third-order valence-electron chi connectivity index (χ3n) is 3.15. The van der Waals surface area contributed by atoms with Gasteiger partial charge in [-0.1, -0.05) is 13.8 Å². The fourth-order valence-corrected chi connectivity index (χ4v) is 1.50. The number of anilines is 1. The van der Waals surface area contributed by atoms with Crippen molar-refractivity contribution >= 4 is 17.6 Å². The second kappa shape index (κ2) is 7.53. The van der Waals surface area contributed by atoms with Crippen molar-refractivity contribution in [1.29, 1.82) is 0 Å². The molecule has 0 aliphatic rings. The molecule has 1 aromatic rings. The van der Waals surface area contributed by atoms with Crippen LogP contribution < -0.4 is 10.6 Å². The van der Waals surface area contributed by atoms with E-state index in [2.05, 4.69) is 29.2 Å². The van der Waals surface area contributed by atoms with Gasteiger partial charge in [0.2, 0.25) is 5.91 Å². The van der Waals surface area contributed by atoms with Crippen molar-refractivity contribution in [2.75, 3.05) is 19.0 Å². The van der Waals surface area contributed by atoms with Crippen molar-refractivity contribution in [3.05, 3.63) is 29.8 Å². The highest BCUT2D eigenvalue weighted by atomic mass is 16.5. The van der Waals surface area contributed by atoms with Crippen LogP contribution in [0.3, 0.4) is 0 Å². The molecule has 5 nitrogen and oxygen atoms in total. The molecule has 110 valence electrons.